The maximum Gasteiger partial charge on any atom is 0.231 e. The Kier molecular flexibility index (Phi) is 8.30. The van der Waals surface area contributed by atoms with Crippen molar-refractivity contribution in [3.05, 3.63) is 131 Å². The fraction of sp³-hybridized carbons (Fsp3) is 0.188. The summed E-state index contributed by atoms with van der Waals surface area (Å²) in [6.07, 6.45) is 0.619. The van der Waals surface area contributed by atoms with Gasteiger partial charge in [-0.3, -0.25) is 9.59 Å². The number of benzene rings is 4. The van der Waals surface area contributed by atoms with Crippen LogP contribution in [-0.2, 0) is 22.4 Å². The zero-order chi connectivity index (χ0) is 25.3. The maximum absolute atomic E-state index is 13.5. The highest BCUT2D eigenvalue weighted by atomic mass is 16.2. The molecule has 36 heavy (non-hydrogen) atoms. The van der Waals surface area contributed by atoms with Crippen LogP contribution in [0.15, 0.2) is 109 Å². The van der Waals surface area contributed by atoms with Gasteiger partial charge in [0.1, 0.15) is 0 Å². The fourth-order valence-electron chi connectivity index (χ4n) is 4.35. The molecular weight excluding hydrogens is 444 g/mol. The standard InChI is InChI=1S/C32H32N2O2/c1-25-13-9-11-15-27(25)23-31(35)33(29-17-5-3-6-18-29)21-22-34(30-19-7-4-8-20-30)32(36)24-28-16-12-10-14-26(28)2/h3-20H,21-24H2,1-2H3. The van der Waals surface area contributed by atoms with Gasteiger partial charge in [-0.1, -0.05) is 84.9 Å². The predicted molar refractivity (Wildman–Crippen MR) is 147 cm³/mol. The second-order valence-electron chi connectivity index (χ2n) is 8.97. The van der Waals surface area contributed by atoms with Crippen LogP contribution in [0.1, 0.15) is 22.3 Å². The molecule has 0 saturated heterocycles. The molecule has 0 aliphatic rings. The molecular formula is C32H32N2O2. The lowest BCUT2D eigenvalue weighted by Crippen LogP contribution is -2.42. The first kappa shape index (κ1) is 24.9. The van der Waals surface area contributed by atoms with Crippen LogP contribution in [0.4, 0.5) is 11.4 Å². The third-order valence-electron chi connectivity index (χ3n) is 6.49. The van der Waals surface area contributed by atoms with Crippen molar-refractivity contribution in [3.63, 3.8) is 0 Å². The summed E-state index contributed by atoms with van der Waals surface area (Å²) in [4.78, 5) is 30.7. The van der Waals surface area contributed by atoms with E-state index < -0.39 is 0 Å². The molecule has 0 aliphatic heterocycles. The summed E-state index contributed by atoms with van der Waals surface area (Å²) in [6.45, 7) is 4.83. The molecule has 4 heteroatoms. The van der Waals surface area contributed by atoms with Gasteiger partial charge in [-0.15, -0.1) is 0 Å². The zero-order valence-electron chi connectivity index (χ0n) is 20.9. The molecule has 0 radical (unpaired) electrons. The predicted octanol–water partition coefficient (Wildman–Crippen LogP) is 6.16. The Balaban J connectivity index is 1.58. The second-order valence-corrected chi connectivity index (χ2v) is 8.97. The lowest BCUT2D eigenvalue weighted by atomic mass is 10.0. The van der Waals surface area contributed by atoms with E-state index >= 15 is 0 Å². The van der Waals surface area contributed by atoms with Crippen molar-refractivity contribution < 1.29 is 9.59 Å². The normalized spacial score (nSPS) is 10.6. The summed E-state index contributed by atoms with van der Waals surface area (Å²) in [5.41, 5.74) is 5.88. The molecule has 0 heterocycles. The average molecular weight is 477 g/mol. The summed E-state index contributed by atoms with van der Waals surface area (Å²) in [6, 6.07) is 35.3. The van der Waals surface area contributed by atoms with Gasteiger partial charge in [0, 0.05) is 24.5 Å². The highest BCUT2D eigenvalue weighted by Gasteiger charge is 2.22. The molecule has 2 amide bonds. The second kappa shape index (κ2) is 12.0. The molecule has 0 aliphatic carbocycles. The topological polar surface area (TPSA) is 40.6 Å². The highest BCUT2D eigenvalue weighted by molar-refractivity contribution is 5.97. The van der Waals surface area contributed by atoms with Gasteiger partial charge in [-0.25, -0.2) is 0 Å². The van der Waals surface area contributed by atoms with Crippen LogP contribution >= 0.6 is 0 Å². The Morgan fingerprint density at radius 3 is 1.19 bits per heavy atom. The van der Waals surface area contributed by atoms with Crippen LogP contribution in [0.3, 0.4) is 0 Å². The molecule has 182 valence electrons. The van der Waals surface area contributed by atoms with Gasteiger partial charge < -0.3 is 9.80 Å². The van der Waals surface area contributed by atoms with Crippen molar-refractivity contribution in [2.45, 2.75) is 26.7 Å². The molecule has 0 fully saturated rings. The van der Waals surface area contributed by atoms with E-state index in [9.17, 15) is 9.59 Å². The number of carbonyl (C=O) groups excluding carboxylic acids is 2. The number of rotatable bonds is 9. The van der Waals surface area contributed by atoms with Crippen molar-refractivity contribution >= 4 is 23.2 Å². The van der Waals surface area contributed by atoms with Crippen molar-refractivity contribution in [3.8, 4) is 0 Å². The fourth-order valence-corrected chi connectivity index (χ4v) is 4.35. The number of amides is 2. The molecule has 0 N–H and O–H groups in total. The molecule has 0 aromatic heterocycles. The van der Waals surface area contributed by atoms with Gasteiger partial charge in [0.25, 0.3) is 0 Å². The number of hydrogen-bond donors (Lipinski definition) is 0. The third kappa shape index (κ3) is 6.28. The van der Waals surface area contributed by atoms with Gasteiger partial charge in [0.2, 0.25) is 11.8 Å². The minimum atomic E-state index is 0.00913. The summed E-state index contributed by atoms with van der Waals surface area (Å²) < 4.78 is 0. The molecule has 0 bridgehead atoms. The van der Waals surface area contributed by atoms with Crippen molar-refractivity contribution in [1.29, 1.82) is 0 Å². The number of anilines is 2. The molecule has 0 unspecified atom stereocenters. The minimum Gasteiger partial charge on any atom is -0.310 e. The number of hydrogen-bond acceptors (Lipinski definition) is 2. The summed E-state index contributed by atoms with van der Waals surface area (Å²) in [7, 11) is 0. The number of aryl methyl sites for hydroxylation is 2. The van der Waals surface area contributed by atoms with E-state index in [4.69, 9.17) is 0 Å². The first-order valence-corrected chi connectivity index (χ1v) is 12.3. The van der Waals surface area contributed by atoms with Crippen LogP contribution < -0.4 is 9.80 Å². The van der Waals surface area contributed by atoms with E-state index in [0.717, 1.165) is 33.6 Å². The maximum atomic E-state index is 13.5. The molecule has 4 aromatic rings. The van der Waals surface area contributed by atoms with Gasteiger partial charge in [-0.2, -0.15) is 0 Å². The van der Waals surface area contributed by atoms with Crippen LogP contribution in [0, 0.1) is 13.8 Å². The van der Waals surface area contributed by atoms with Crippen LogP contribution in [0.25, 0.3) is 0 Å². The van der Waals surface area contributed by atoms with Gasteiger partial charge in [-0.05, 0) is 60.4 Å². The van der Waals surface area contributed by atoms with E-state index in [-0.39, 0.29) is 11.8 Å². The first-order valence-electron chi connectivity index (χ1n) is 12.3. The van der Waals surface area contributed by atoms with Crippen LogP contribution in [0.5, 0.6) is 0 Å². The summed E-state index contributed by atoms with van der Waals surface area (Å²) in [5, 5.41) is 0. The van der Waals surface area contributed by atoms with E-state index in [1.807, 2.05) is 123 Å². The van der Waals surface area contributed by atoms with Gasteiger partial charge in [0.15, 0.2) is 0 Å². The summed E-state index contributed by atoms with van der Waals surface area (Å²) in [5.74, 6) is 0.0183. The molecule has 4 aromatic carbocycles. The molecule has 0 saturated carbocycles. The lowest BCUT2D eigenvalue weighted by molar-refractivity contribution is -0.119. The smallest absolute Gasteiger partial charge is 0.231 e. The van der Waals surface area contributed by atoms with Crippen LogP contribution in [0.2, 0.25) is 0 Å². The third-order valence-corrected chi connectivity index (χ3v) is 6.49. The Morgan fingerprint density at radius 2 is 0.833 bits per heavy atom. The van der Waals surface area contributed by atoms with Gasteiger partial charge in [0.05, 0.1) is 12.8 Å². The van der Waals surface area contributed by atoms with E-state index in [0.29, 0.717) is 25.9 Å². The minimum absolute atomic E-state index is 0.00913. The van der Waals surface area contributed by atoms with Gasteiger partial charge >= 0.3 is 0 Å². The highest BCUT2D eigenvalue weighted by Crippen LogP contribution is 2.20. The zero-order valence-corrected chi connectivity index (χ0v) is 20.9. The SMILES string of the molecule is Cc1ccccc1CC(=O)N(CCN(C(=O)Cc1ccccc1C)c1ccccc1)c1ccccc1. The largest absolute Gasteiger partial charge is 0.310 e. The molecule has 4 nitrogen and oxygen atoms in total. The Bertz CT molecular complexity index is 1200. The van der Waals surface area contributed by atoms with E-state index in [1.165, 1.54) is 0 Å². The van der Waals surface area contributed by atoms with Crippen LogP contribution in [-0.4, -0.2) is 24.9 Å². The Hall–Kier alpha value is -4.18. The molecule has 0 spiro atoms. The lowest BCUT2D eigenvalue weighted by Gasteiger charge is -2.29. The van der Waals surface area contributed by atoms with Crippen molar-refractivity contribution in [2.75, 3.05) is 22.9 Å². The number of nitrogens with zero attached hydrogens (tertiary/aromatic N) is 2. The number of para-hydroxylation sites is 2. The molecule has 0 atom stereocenters. The molecule has 4 rings (SSSR count). The monoisotopic (exact) mass is 476 g/mol. The average Bonchev–Trinajstić information content (AvgIpc) is 2.90. The Labute approximate surface area is 213 Å². The van der Waals surface area contributed by atoms with E-state index in [1.54, 1.807) is 9.80 Å². The first-order chi connectivity index (χ1) is 17.5. The summed E-state index contributed by atoms with van der Waals surface area (Å²) >= 11 is 0. The van der Waals surface area contributed by atoms with E-state index in [2.05, 4.69) is 0 Å². The quantitative estimate of drug-likeness (QED) is 0.290. The van der Waals surface area contributed by atoms with Crippen molar-refractivity contribution in [2.24, 2.45) is 0 Å². The Morgan fingerprint density at radius 1 is 0.500 bits per heavy atom. The van der Waals surface area contributed by atoms with Crippen molar-refractivity contribution in [1.82, 2.24) is 0 Å². The number of carbonyl (C=O) groups is 2.